The van der Waals surface area contributed by atoms with Crippen molar-refractivity contribution >= 4 is 23.2 Å². The molecule has 0 aliphatic carbocycles. The van der Waals surface area contributed by atoms with Gasteiger partial charge in [-0.3, -0.25) is 25.0 Å². The number of non-ortho nitro benzene ring substituents is 2. The quantitative estimate of drug-likeness (QED) is 0.562. The van der Waals surface area contributed by atoms with E-state index in [0.717, 1.165) is 23.2 Å². The summed E-state index contributed by atoms with van der Waals surface area (Å²) in [5.74, 6) is 0.392. The van der Waals surface area contributed by atoms with E-state index in [1.165, 1.54) is 6.92 Å². The fourth-order valence-electron chi connectivity index (χ4n) is 2.90. The smallest absolute Gasteiger partial charge is 0.277 e. The molecule has 0 fully saturated rings. The molecule has 0 radical (unpaired) electrons. The van der Waals surface area contributed by atoms with Gasteiger partial charge in [-0.05, 0) is 18.2 Å². The van der Waals surface area contributed by atoms with E-state index in [1.54, 1.807) is 18.2 Å². The zero-order valence-electron chi connectivity index (χ0n) is 14.8. The highest BCUT2D eigenvalue weighted by Gasteiger charge is 2.35. The molecule has 12 heteroatoms. The number of hydrogen-bond donors (Lipinski definition) is 0. The molecule has 0 spiro atoms. The summed E-state index contributed by atoms with van der Waals surface area (Å²) in [5, 5.41) is 27.4. The van der Waals surface area contributed by atoms with Crippen LogP contribution in [-0.4, -0.2) is 33.5 Å². The van der Waals surface area contributed by atoms with E-state index >= 15 is 0 Å². The second-order valence-electron chi connectivity index (χ2n) is 6.10. The van der Waals surface area contributed by atoms with Crippen LogP contribution in [0.4, 0.5) is 11.4 Å². The minimum Gasteiger partial charge on any atom is -0.454 e. The SMILES string of the molecule is CC(=O)N1N=C(c2cc([N+](=O)[O-])cc([N+](=O)[O-])c2)OC1c1ccc2c(c1)OCO2. The molecule has 0 bridgehead atoms. The molecule has 2 heterocycles. The average molecular weight is 400 g/mol. The van der Waals surface area contributed by atoms with Crippen LogP contribution in [-0.2, 0) is 9.53 Å². The summed E-state index contributed by atoms with van der Waals surface area (Å²) >= 11 is 0. The van der Waals surface area contributed by atoms with Crippen LogP contribution in [0.3, 0.4) is 0 Å². The van der Waals surface area contributed by atoms with Crippen molar-refractivity contribution in [3.8, 4) is 11.5 Å². The van der Waals surface area contributed by atoms with E-state index in [0.29, 0.717) is 17.1 Å². The second-order valence-corrected chi connectivity index (χ2v) is 6.10. The van der Waals surface area contributed by atoms with Crippen molar-refractivity contribution in [1.29, 1.82) is 0 Å². The first kappa shape index (κ1) is 18.2. The van der Waals surface area contributed by atoms with E-state index < -0.39 is 33.4 Å². The molecular formula is C17H12N4O8. The van der Waals surface area contributed by atoms with E-state index in [-0.39, 0.29) is 18.3 Å². The van der Waals surface area contributed by atoms with Crippen LogP contribution in [0.2, 0.25) is 0 Å². The van der Waals surface area contributed by atoms with Crippen LogP contribution in [0, 0.1) is 20.2 Å². The van der Waals surface area contributed by atoms with Crippen LogP contribution in [0.5, 0.6) is 11.5 Å². The lowest BCUT2D eigenvalue weighted by molar-refractivity contribution is -0.394. The van der Waals surface area contributed by atoms with Crippen molar-refractivity contribution in [2.45, 2.75) is 13.2 Å². The Kier molecular flexibility index (Phi) is 4.22. The predicted molar refractivity (Wildman–Crippen MR) is 95.2 cm³/mol. The Bertz CT molecular complexity index is 1050. The molecule has 4 rings (SSSR count). The normalized spacial score (nSPS) is 16.9. The Morgan fingerprint density at radius 3 is 2.34 bits per heavy atom. The third kappa shape index (κ3) is 3.26. The van der Waals surface area contributed by atoms with Crippen molar-refractivity contribution in [2.24, 2.45) is 5.10 Å². The van der Waals surface area contributed by atoms with Crippen LogP contribution in [0.25, 0.3) is 0 Å². The number of rotatable bonds is 4. The average Bonchev–Trinajstić information content (AvgIpc) is 3.34. The first-order valence-corrected chi connectivity index (χ1v) is 8.22. The highest BCUT2D eigenvalue weighted by molar-refractivity contribution is 5.97. The van der Waals surface area contributed by atoms with Gasteiger partial charge in [0, 0.05) is 24.6 Å². The molecule has 0 saturated heterocycles. The maximum Gasteiger partial charge on any atom is 0.277 e. The van der Waals surface area contributed by atoms with Crippen molar-refractivity contribution in [2.75, 3.05) is 6.79 Å². The molecule has 2 aromatic carbocycles. The van der Waals surface area contributed by atoms with E-state index in [9.17, 15) is 25.0 Å². The Labute approximate surface area is 162 Å². The number of nitrogens with zero attached hydrogens (tertiary/aromatic N) is 4. The maximum absolute atomic E-state index is 12.1. The molecule has 0 aromatic heterocycles. The zero-order chi connectivity index (χ0) is 20.7. The lowest BCUT2D eigenvalue weighted by atomic mass is 10.1. The lowest BCUT2D eigenvalue weighted by Gasteiger charge is -2.19. The highest BCUT2D eigenvalue weighted by Crippen LogP contribution is 2.38. The molecule has 148 valence electrons. The molecule has 1 atom stereocenters. The van der Waals surface area contributed by atoms with Crippen molar-refractivity contribution < 1.29 is 28.9 Å². The van der Waals surface area contributed by atoms with E-state index in [1.807, 2.05) is 0 Å². The Balaban J connectivity index is 1.73. The van der Waals surface area contributed by atoms with Crippen molar-refractivity contribution in [3.63, 3.8) is 0 Å². The van der Waals surface area contributed by atoms with Gasteiger partial charge in [0.1, 0.15) is 0 Å². The summed E-state index contributed by atoms with van der Waals surface area (Å²) in [7, 11) is 0. The van der Waals surface area contributed by atoms with Gasteiger partial charge >= 0.3 is 0 Å². The number of carbonyl (C=O) groups is 1. The number of carbonyl (C=O) groups excluding carboxylic acids is 1. The number of hydrogen-bond acceptors (Lipinski definition) is 9. The minimum absolute atomic E-state index is 0.000364. The number of nitro groups is 2. The number of fused-ring (bicyclic) bond motifs is 1. The molecule has 29 heavy (non-hydrogen) atoms. The molecule has 0 saturated carbocycles. The summed E-state index contributed by atoms with van der Waals surface area (Å²) in [4.78, 5) is 32.8. The number of benzene rings is 2. The fourth-order valence-corrected chi connectivity index (χ4v) is 2.90. The van der Waals surface area contributed by atoms with Gasteiger partial charge < -0.3 is 14.2 Å². The largest absolute Gasteiger partial charge is 0.454 e. The Morgan fingerprint density at radius 2 is 1.72 bits per heavy atom. The van der Waals surface area contributed by atoms with Gasteiger partial charge in [-0.1, -0.05) is 0 Å². The molecule has 2 aromatic rings. The van der Waals surface area contributed by atoms with Crippen LogP contribution >= 0.6 is 0 Å². The third-order valence-electron chi connectivity index (χ3n) is 4.22. The summed E-state index contributed by atoms with van der Waals surface area (Å²) in [5.41, 5.74) is -0.480. The van der Waals surface area contributed by atoms with E-state index in [2.05, 4.69) is 5.10 Å². The maximum atomic E-state index is 12.1. The van der Waals surface area contributed by atoms with Gasteiger partial charge in [-0.25, -0.2) is 0 Å². The van der Waals surface area contributed by atoms with Gasteiger partial charge in [0.25, 0.3) is 11.4 Å². The summed E-state index contributed by atoms with van der Waals surface area (Å²) in [6, 6.07) is 7.94. The summed E-state index contributed by atoms with van der Waals surface area (Å²) in [6.07, 6.45) is -0.977. The number of nitro benzene ring substituents is 2. The van der Waals surface area contributed by atoms with E-state index in [4.69, 9.17) is 14.2 Å². The highest BCUT2D eigenvalue weighted by atomic mass is 16.7. The van der Waals surface area contributed by atoms with Crippen LogP contribution in [0.15, 0.2) is 41.5 Å². The summed E-state index contributed by atoms with van der Waals surface area (Å²) < 4.78 is 16.3. The first-order chi connectivity index (χ1) is 13.8. The Hall–Kier alpha value is -4.22. The van der Waals surface area contributed by atoms with Crippen molar-refractivity contribution in [3.05, 3.63) is 67.8 Å². The molecule has 1 amide bonds. The lowest BCUT2D eigenvalue weighted by Crippen LogP contribution is -2.25. The number of amides is 1. The van der Waals surface area contributed by atoms with Gasteiger partial charge in [0.2, 0.25) is 24.8 Å². The summed E-state index contributed by atoms with van der Waals surface area (Å²) in [6.45, 7) is 1.34. The molecule has 1 unspecified atom stereocenters. The zero-order valence-corrected chi connectivity index (χ0v) is 14.8. The third-order valence-corrected chi connectivity index (χ3v) is 4.22. The second kappa shape index (κ2) is 6.74. The standard InChI is InChI=1S/C17H12N4O8/c1-9(22)19-17(10-2-3-14-15(6-10)28-8-27-14)29-16(18-19)11-4-12(20(23)24)7-13(5-11)21(25)26/h2-7,17H,8H2,1H3. The molecular weight excluding hydrogens is 388 g/mol. The monoisotopic (exact) mass is 400 g/mol. The predicted octanol–water partition coefficient (Wildman–Crippen LogP) is 2.47. The van der Waals surface area contributed by atoms with Gasteiger partial charge in [0.05, 0.1) is 21.5 Å². The number of ether oxygens (including phenoxy) is 3. The molecule has 0 N–H and O–H groups in total. The fraction of sp³-hybridized carbons (Fsp3) is 0.176. The van der Waals surface area contributed by atoms with Gasteiger partial charge in [0.15, 0.2) is 11.5 Å². The van der Waals surface area contributed by atoms with Crippen molar-refractivity contribution in [1.82, 2.24) is 5.01 Å². The van der Waals surface area contributed by atoms with Crippen LogP contribution in [0.1, 0.15) is 24.3 Å². The molecule has 2 aliphatic heterocycles. The molecule has 2 aliphatic rings. The topological polar surface area (TPSA) is 147 Å². The van der Waals surface area contributed by atoms with Gasteiger partial charge in [-0.15, -0.1) is 5.10 Å². The minimum atomic E-state index is -0.977. The Morgan fingerprint density at radius 1 is 1.07 bits per heavy atom. The van der Waals surface area contributed by atoms with Crippen LogP contribution < -0.4 is 9.47 Å². The molecule has 12 nitrogen and oxygen atoms in total. The first-order valence-electron chi connectivity index (χ1n) is 8.22. The van der Waals surface area contributed by atoms with Gasteiger partial charge in [-0.2, -0.15) is 5.01 Å². The number of hydrazone groups is 1.